The van der Waals surface area contributed by atoms with Crippen LogP contribution < -0.4 is 9.47 Å². The highest BCUT2D eigenvalue weighted by Crippen LogP contribution is 2.30. The van der Waals surface area contributed by atoms with Crippen LogP contribution in [-0.4, -0.2) is 17.1 Å². The Kier molecular flexibility index (Phi) is 4.15. The van der Waals surface area contributed by atoms with Gasteiger partial charge in [0.15, 0.2) is 11.5 Å². The molecule has 0 aliphatic rings. The van der Waals surface area contributed by atoms with Crippen molar-refractivity contribution < 1.29 is 9.47 Å². The highest BCUT2D eigenvalue weighted by molar-refractivity contribution is 9.08. The van der Waals surface area contributed by atoms with Crippen molar-refractivity contribution in [2.24, 2.45) is 0 Å². The molecule has 0 spiro atoms. The summed E-state index contributed by atoms with van der Waals surface area (Å²) in [4.78, 5) is 8.25. The predicted molar refractivity (Wildman–Crippen MR) is 72.5 cm³/mol. The minimum absolute atomic E-state index is 0.307. The largest absolute Gasteiger partial charge is 0.493 e. The summed E-state index contributed by atoms with van der Waals surface area (Å²) in [6, 6.07) is 6.00. The third kappa shape index (κ3) is 2.98. The van der Waals surface area contributed by atoms with E-state index in [4.69, 9.17) is 9.47 Å². The van der Waals surface area contributed by atoms with Crippen LogP contribution in [0.5, 0.6) is 17.5 Å². The Morgan fingerprint density at radius 2 is 1.89 bits per heavy atom. The topological polar surface area (TPSA) is 44.2 Å². The van der Waals surface area contributed by atoms with Gasteiger partial charge in [-0.2, -0.15) is 0 Å². The summed E-state index contributed by atoms with van der Waals surface area (Å²) in [6.45, 7) is 1.99. The lowest BCUT2D eigenvalue weighted by molar-refractivity contribution is 0.367. The Bertz CT molecular complexity index is 529. The average molecular weight is 309 g/mol. The highest BCUT2D eigenvalue weighted by atomic mass is 79.9. The number of aryl methyl sites for hydroxylation is 1. The number of aromatic nitrogens is 2. The third-order valence-electron chi connectivity index (χ3n) is 2.36. The van der Waals surface area contributed by atoms with E-state index in [9.17, 15) is 0 Å². The first-order valence-corrected chi connectivity index (χ1v) is 6.54. The van der Waals surface area contributed by atoms with Crippen LogP contribution in [0, 0.1) is 6.92 Å². The van der Waals surface area contributed by atoms with Crippen LogP contribution in [-0.2, 0) is 5.33 Å². The summed E-state index contributed by atoms with van der Waals surface area (Å²) >= 11 is 3.34. The number of hydrogen-bond donors (Lipinski definition) is 0. The second-order valence-corrected chi connectivity index (χ2v) is 4.32. The van der Waals surface area contributed by atoms with Gasteiger partial charge in [0.2, 0.25) is 0 Å². The number of rotatable bonds is 4. The van der Waals surface area contributed by atoms with E-state index < -0.39 is 0 Å². The Morgan fingerprint density at radius 3 is 2.50 bits per heavy atom. The fourth-order valence-electron chi connectivity index (χ4n) is 1.42. The van der Waals surface area contributed by atoms with Crippen molar-refractivity contribution >= 4 is 15.9 Å². The van der Waals surface area contributed by atoms with Crippen molar-refractivity contribution in [2.75, 3.05) is 7.11 Å². The summed E-state index contributed by atoms with van der Waals surface area (Å²) in [5.41, 5.74) is 2.10. The molecule has 0 fully saturated rings. The van der Waals surface area contributed by atoms with Gasteiger partial charge in [-0.3, -0.25) is 0 Å². The smallest absolute Gasteiger partial charge is 0.322 e. The Morgan fingerprint density at radius 1 is 1.17 bits per heavy atom. The summed E-state index contributed by atoms with van der Waals surface area (Å²) in [7, 11) is 1.61. The lowest BCUT2D eigenvalue weighted by Crippen LogP contribution is -1.95. The molecule has 0 N–H and O–H groups in total. The molecule has 18 heavy (non-hydrogen) atoms. The molecule has 0 radical (unpaired) electrons. The Balaban J connectivity index is 2.22. The van der Waals surface area contributed by atoms with Crippen LogP contribution in [0.1, 0.15) is 11.1 Å². The minimum atomic E-state index is 0.307. The number of alkyl halides is 1. The van der Waals surface area contributed by atoms with Crippen molar-refractivity contribution in [2.45, 2.75) is 12.3 Å². The van der Waals surface area contributed by atoms with Crippen molar-refractivity contribution in [1.29, 1.82) is 0 Å². The van der Waals surface area contributed by atoms with Gasteiger partial charge >= 0.3 is 6.01 Å². The molecule has 0 atom stereocenters. The number of hydrogen-bond acceptors (Lipinski definition) is 4. The zero-order valence-corrected chi connectivity index (χ0v) is 11.8. The molecule has 1 aromatic carbocycles. The van der Waals surface area contributed by atoms with Gasteiger partial charge in [0.1, 0.15) is 0 Å². The molecular weight excluding hydrogens is 296 g/mol. The maximum absolute atomic E-state index is 5.59. The van der Waals surface area contributed by atoms with E-state index in [2.05, 4.69) is 25.9 Å². The first-order chi connectivity index (χ1) is 8.72. The number of ether oxygens (including phenoxy) is 2. The molecule has 4 nitrogen and oxygen atoms in total. The van der Waals surface area contributed by atoms with Crippen LogP contribution >= 0.6 is 15.9 Å². The quantitative estimate of drug-likeness (QED) is 0.811. The molecule has 0 amide bonds. The van der Waals surface area contributed by atoms with Crippen LogP contribution in [0.2, 0.25) is 0 Å². The predicted octanol–water partition coefficient (Wildman–Crippen LogP) is 3.48. The van der Waals surface area contributed by atoms with Gasteiger partial charge in [-0.25, -0.2) is 9.97 Å². The van der Waals surface area contributed by atoms with Gasteiger partial charge < -0.3 is 9.47 Å². The van der Waals surface area contributed by atoms with Gasteiger partial charge in [-0.15, -0.1) is 0 Å². The van der Waals surface area contributed by atoms with E-state index in [-0.39, 0.29) is 0 Å². The fraction of sp³-hybridized carbons (Fsp3) is 0.231. The van der Waals surface area contributed by atoms with Crippen LogP contribution in [0.3, 0.4) is 0 Å². The fourth-order valence-corrected chi connectivity index (χ4v) is 1.71. The maximum atomic E-state index is 5.59. The van der Waals surface area contributed by atoms with E-state index in [0.717, 1.165) is 16.5 Å². The maximum Gasteiger partial charge on any atom is 0.322 e. The number of methoxy groups -OCH3 is 1. The molecule has 1 aromatic heterocycles. The average Bonchev–Trinajstić information content (AvgIpc) is 2.41. The van der Waals surface area contributed by atoms with Crippen LogP contribution in [0.25, 0.3) is 0 Å². The first-order valence-electron chi connectivity index (χ1n) is 5.42. The zero-order valence-electron chi connectivity index (χ0n) is 10.2. The monoisotopic (exact) mass is 308 g/mol. The standard InChI is InChI=1S/C13H13BrN2O2/c1-9-3-4-11(12(5-9)17-2)18-13-15-7-10(6-14)8-16-13/h3-5,7-8H,6H2,1-2H3. The molecule has 0 saturated carbocycles. The molecule has 0 aliphatic carbocycles. The number of benzene rings is 1. The molecule has 2 aromatic rings. The second-order valence-electron chi connectivity index (χ2n) is 3.76. The number of halogens is 1. The van der Waals surface area contributed by atoms with E-state index in [1.165, 1.54) is 0 Å². The Hall–Kier alpha value is -1.62. The summed E-state index contributed by atoms with van der Waals surface area (Å²) in [5, 5.41) is 0.723. The van der Waals surface area contributed by atoms with E-state index in [0.29, 0.717) is 17.5 Å². The zero-order chi connectivity index (χ0) is 13.0. The molecule has 94 valence electrons. The van der Waals surface area contributed by atoms with E-state index >= 15 is 0 Å². The molecule has 2 rings (SSSR count). The van der Waals surface area contributed by atoms with Crippen molar-refractivity contribution in [3.63, 3.8) is 0 Å². The van der Waals surface area contributed by atoms with E-state index in [1.54, 1.807) is 19.5 Å². The van der Waals surface area contributed by atoms with E-state index in [1.807, 2.05) is 25.1 Å². The number of nitrogens with zero attached hydrogens (tertiary/aromatic N) is 2. The highest BCUT2D eigenvalue weighted by Gasteiger charge is 2.07. The third-order valence-corrected chi connectivity index (χ3v) is 3.00. The molecule has 0 bridgehead atoms. The molecule has 0 aliphatic heterocycles. The minimum Gasteiger partial charge on any atom is -0.493 e. The van der Waals surface area contributed by atoms with Crippen molar-refractivity contribution in [1.82, 2.24) is 9.97 Å². The summed E-state index contributed by atoms with van der Waals surface area (Å²) in [6.07, 6.45) is 3.44. The lowest BCUT2D eigenvalue weighted by atomic mass is 10.2. The molecule has 5 heteroatoms. The van der Waals surface area contributed by atoms with Gasteiger partial charge in [0, 0.05) is 17.7 Å². The normalized spacial score (nSPS) is 10.2. The molecular formula is C13H13BrN2O2. The van der Waals surface area contributed by atoms with Gasteiger partial charge in [-0.05, 0) is 30.2 Å². The first kappa shape index (κ1) is 12.8. The molecule has 0 saturated heterocycles. The molecule has 0 unspecified atom stereocenters. The lowest BCUT2D eigenvalue weighted by Gasteiger charge is -2.09. The second kappa shape index (κ2) is 5.82. The van der Waals surface area contributed by atoms with Crippen molar-refractivity contribution in [3.05, 3.63) is 41.7 Å². The van der Waals surface area contributed by atoms with Gasteiger partial charge in [0.05, 0.1) is 7.11 Å². The molecule has 1 heterocycles. The van der Waals surface area contributed by atoms with Gasteiger partial charge in [0.25, 0.3) is 0 Å². The summed E-state index contributed by atoms with van der Waals surface area (Å²) in [5.74, 6) is 1.28. The van der Waals surface area contributed by atoms with Gasteiger partial charge in [-0.1, -0.05) is 22.0 Å². The van der Waals surface area contributed by atoms with Crippen molar-refractivity contribution in [3.8, 4) is 17.5 Å². The SMILES string of the molecule is COc1cc(C)ccc1Oc1ncc(CBr)cn1. The van der Waals surface area contributed by atoms with Crippen LogP contribution in [0.15, 0.2) is 30.6 Å². The Labute approximate surface area is 114 Å². The summed E-state index contributed by atoms with van der Waals surface area (Å²) < 4.78 is 10.8. The van der Waals surface area contributed by atoms with Crippen LogP contribution in [0.4, 0.5) is 0 Å².